The molecule has 0 N–H and O–H groups in total. The minimum atomic E-state index is -0.303. The minimum Gasteiger partial charge on any atom is -0.313 e. The zero-order chi connectivity index (χ0) is 12.3. The van der Waals surface area contributed by atoms with Gasteiger partial charge in [0.25, 0.3) is 0 Å². The molecular weight excluding hydrogens is 291 g/mol. The first-order valence-electron chi connectivity index (χ1n) is 4.58. The van der Waals surface area contributed by atoms with Gasteiger partial charge >= 0.3 is 0 Å². The van der Waals surface area contributed by atoms with E-state index in [-0.39, 0.29) is 10.7 Å². The molecular formula is C11H10BrClN2O. The molecule has 0 saturated heterocycles. The van der Waals surface area contributed by atoms with Crippen LogP contribution in [0.3, 0.4) is 0 Å². The summed E-state index contributed by atoms with van der Waals surface area (Å²) in [7, 11) is 1.62. The molecule has 1 aromatic carbocycles. The molecule has 84 valence electrons. The summed E-state index contributed by atoms with van der Waals surface area (Å²) in [6.07, 6.45) is 0. The van der Waals surface area contributed by atoms with Crippen LogP contribution in [-0.2, 0) is 4.79 Å². The van der Waals surface area contributed by atoms with E-state index in [0.717, 1.165) is 0 Å². The highest BCUT2D eigenvalue weighted by molar-refractivity contribution is 9.10. The number of benzene rings is 1. The zero-order valence-corrected chi connectivity index (χ0v) is 11.2. The predicted octanol–water partition coefficient (Wildman–Crippen LogP) is 2.96. The third-order valence-electron chi connectivity index (χ3n) is 2.11. The maximum atomic E-state index is 11.7. The maximum absolute atomic E-state index is 11.7. The molecule has 0 heterocycles. The smallest absolute Gasteiger partial charge is 0.240 e. The molecule has 1 aromatic rings. The molecule has 1 amide bonds. The van der Waals surface area contributed by atoms with Crippen LogP contribution >= 0.6 is 27.5 Å². The van der Waals surface area contributed by atoms with Crippen LogP contribution in [0.5, 0.6) is 0 Å². The number of nitrogens with zero attached hydrogens (tertiary/aromatic N) is 2. The van der Waals surface area contributed by atoms with Crippen molar-refractivity contribution in [1.82, 2.24) is 0 Å². The van der Waals surface area contributed by atoms with Gasteiger partial charge in [-0.05, 0) is 25.1 Å². The van der Waals surface area contributed by atoms with E-state index in [1.807, 2.05) is 6.07 Å². The van der Waals surface area contributed by atoms with Gasteiger partial charge in [-0.2, -0.15) is 5.26 Å². The van der Waals surface area contributed by atoms with E-state index >= 15 is 0 Å². The summed E-state index contributed by atoms with van der Waals surface area (Å²) < 4.78 is 0. The number of alkyl halides is 1. The highest BCUT2D eigenvalue weighted by atomic mass is 79.9. The third-order valence-corrected chi connectivity index (χ3v) is 2.74. The van der Waals surface area contributed by atoms with Crippen LogP contribution in [0, 0.1) is 11.3 Å². The molecule has 0 aliphatic rings. The Kier molecular flexibility index (Phi) is 4.34. The second-order valence-electron chi connectivity index (χ2n) is 3.29. The van der Waals surface area contributed by atoms with Gasteiger partial charge in [-0.15, -0.1) is 0 Å². The molecule has 0 radical (unpaired) electrons. The fourth-order valence-electron chi connectivity index (χ4n) is 1.26. The number of hydrogen-bond acceptors (Lipinski definition) is 2. The Morgan fingerprint density at radius 2 is 2.25 bits per heavy atom. The van der Waals surface area contributed by atoms with Gasteiger partial charge in [-0.25, -0.2) is 0 Å². The molecule has 3 nitrogen and oxygen atoms in total. The van der Waals surface area contributed by atoms with Crippen LogP contribution in [-0.4, -0.2) is 17.8 Å². The Labute approximate surface area is 108 Å². The summed E-state index contributed by atoms with van der Waals surface area (Å²) in [6, 6.07) is 6.86. The summed E-state index contributed by atoms with van der Waals surface area (Å²) >= 11 is 9.04. The van der Waals surface area contributed by atoms with Gasteiger partial charge in [0, 0.05) is 12.1 Å². The average Bonchev–Trinajstić information content (AvgIpc) is 2.26. The number of halogens is 2. The number of amides is 1. The lowest BCUT2D eigenvalue weighted by molar-refractivity contribution is -0.117. The zero-order valence-electron chi connectivity index (χ0n) is 8.87. The molecule has 0 bridgehead atoms. The van der Waals surface area contributed by atoms with Crippen LogP contribution in [0.2, 0.25) is 5.02 Å². The Hall–Kier alpha value is -1.05. The lowest BCUT2D eigenvalue weighted by Gasteiger charge is -2.20. The monoisotopic (exact) mass is 300 g/mol. The second-order valence-corrected chi connectivity index (χ2v) is 5.10. The first-order chi connectivity index (χ1) is 7.47. The number of rotatable bonds is 2. The Morgan fingerprint density at radius 1 is 1.62 bits per heavy atom. The van der Waals surface area contributed by atoms with E-state index in [4.69, 9.17) is 16.9 Å². The van der Waals surface area contributed by atoms with E-state index in [1.165, 1.54) is 4.90 Å². The van der Waals surface area contributed by atoms with E-state index in [2.05, 4.69) is 15.9 Å². The van der Waals surface area contributed by atoms with Crippen molar-refractivity contribution in [2.24, 2.45) is 0 Å². The number of carbonyl (C=O) groups excluding carboxylic acids is 1. The van der Waals surface area contributed by atoms with Crippen LogP contribution in [0.25, 0.3) is 0 Å². The molecule has 1 atom stereocenters. The molecule has 0 spiro atoms. The average molecular weight is 302 g/mol. The van der Waals surface area contributed by atoms with Crippen molar-refractivity contribution >= 4 is 39.1 Å². The fourth-order valence-corrected chi connectivity index (χ4v) is 1.74. The first-order valence-corrected chi connectivity index (χ1v) is 5.88. The summed E-state index contributed by atoms with van der Waals surface area (Å²) in [6.45, 7) is 1.73. The molecule has 1 unspecified atom stereocenters. The minimum absolute atomic E-state index is 0.126. The molecule has 16 heavy (non-hydrogen) atoms. The largest absolute Gasteiger partial charge is 0.313 e. The topological polar surface area (TPSA) is 44.1 Å². The lowest BCUT2D eigenvalue weighted by Crippen LogP contribution is -2.32. The summed E-state index contributed by atoms with van der Waals surface area (Å²) in [5, 5.41) is 9.43. The van der Waals surface area contributed by atoms with Crippen LogP contribution < -0.4 is 4.90 Å². The van der Waals surface area contributed by atoms with Crippen molar-refractivity contribution in [2.45, 2.75) is 11.8 Å². The van der Waals surface area contributed by atoms with Gasteiger partial charge < -0.3 is 4.90 Å². The molecule has 0 aliphatic heterocycles. The number of hydrogen-bond donors (Lipinski definition) is 0. The van der Waals surface area contributed by atoms with Crippen LogP contribution in [0.1, 0.15) is 12.5 Å². The number of nitriles is 1. The molecule has 0 saturated carbocycles. The van der Waals surface area contributed by atoms with Gasteiger partial charge in [0.2, 0.25) is 5.91 Å². The van der Waals surface area contributed by atoms with Crippen LogP contribution in [0.4, 0.5) is 5.69 Å². The molecule has 0 aliphatic carbocycles. The quantitative estimate of drug-likeness (QED) is 0.788. The first kappa shape index (κ1) is 13.0. The number of carbonyl (C=O) groups is 1. The third kappa shape index (κ3) is 2.75. The second kappa shape index (κ2) is 5.33. The Morgan fingerprint density at radius 3 is 2.75 bits per heavy atom. The van der Waals surface area contributed by atoms with Gasteiger partial charge in [-0.1, -0.05) is 27.5 Å². The molecule has 1 rings (SSSR count). The van der Waals surface area contributed by atoms with E-state index in [9.17, 15) is 4.79 Å². The van der Waals surface area contributed by atoms with Crippen molar-refractivity contribution < 1.29 is 4.79 Å². The maximum Gasteiger partial charge on any atom is 0.240 e. The highest BCUT2D eigenvalue weighted by Gasteiger charge is 2.18. The number of anilines is 1. The highest BCUT2D eigenvalue weighted by Crippen LogP contribution is 2.24. The summed E-state index contributed by atoms with van der Waals surface area (Å²) in [5.41, 5.74) is 0.944. The van der Waals surface area contributed by atoms with E-state index < -0.39 is 0 Å². The molecule has 0 aromatic heterocycles. The van der Waals surface area contributed by atoms with Crippen molar-refractivity contribution in [3.8, 4) is 6.07 Å². The normalized spacial score (nSPS) is 11.7. The van der Waals surface area contributed by atoms with Crippen molar-refractivity contribution in [3.63, 3.8) is 0 Å². The molecule has 0 fully saturated rings. The van der Waals surface area contributed by atoms with Crippen molar-refractivity contribution in [2.75, 3.05) is 11.9 Å². The van der Waals surface area contributed by atoms with E-state index in [0.29, 0.717) is 16.3 Å². The Bertz CT molecular complexity index is 454. The fraction of sp³-hybridized carbons (Fsp3) is 0.273. The van der Waals surface area contributed by atoms with Crippen molar-refractivity contribution in [3.05, 3.63) is 28.8 Å². The molecule has 5 heteroatoms. The van der Waals surface area contributed by atoms with Gasteiger partial charge in [0.1, 0.15) is 6.07 Å². The summed E-state index contributed by atoms with van der Waals surface area (Å²) in [5.74, 6) is -0.126. The lowest BCUT2D eigenvalue weighted by atomic mass is 10.1. The van der Waals surface area contributed by atoms with Gasteiger partial charge in [0.15, 0.2) is 0 Å². The van der Waals surface area contributed by atoms with Gasteiger partial charge in [0.05, 0.1) is 16.1 Å². The predicted molar refractivity (Wildman–Crippen MR) is 68.0 cm³/mol. The van der Waals surface area contributed by atoms with Crippen molar-refractivity contribution in [1.29, 1.82) is 5.26 Å². The van der Waals surface area contributed by atoms with Gasteiger partial charge in [-0.3, -0.25) is 4.79 Å². The Balaban J connectivity index is 3.17. The van der Waals surface area contributed by atoms with E-state index in [1.54, 1.807) is 32.2 Å². The SMILES string of the molecule is CC(Br)C(=O)N(C)c1cc(Cl)ccc1C#N. The van der Waals surface area contributed by atoms with Crippen LogP contribution in [0.15, 0.2) is 18.2 Å². The standard InChI is InChI=1S/C11H10BrClN2O/c1-7(12)11(16)15(2)10-5-9(13)4-3-8(10)6-14/h3-5,7H,1-2H3. The summed E-state index contributed by atoms with van der Waals surface area (Å²) in [4.78, 5) is 12.9.